The minimum atomic E-state index is -0.0973. The summed E-state index contributed by atoms with van der Waals surface area (Å²) < 4.78 is 10.8. The molecule has 1 N–H and O–H groups in total. The Bertz CT molecular complexity index is 231. The molecule has 1 fully saturated rings. The van der Waals surface area contributed by atoms with Gasteiger partial charge in [0.15, 0.2) is 0 Å². The molecule has 0 radical (unpaired) electrons. The van der Waals surface area contributed by atoms with E-state index in [1.165, 1.54) is 0 Å². The molecule has 1 saturated carbocycles. The molecule has 0 aromatic rings. The largest absolute Gasteiger partial charge is 0.462 e. The lowest BCUT2D eigenvalue weighted by molar-refractivity contribution is -0.152. The first kappa shape index (κ1) is 14.5. The molecular weight excluding hydrogens is 218 g/mol. The number of nitrogens with one attached hydrogen (secondary N) is 1. The molecule has 0 aromatic carbocycles. The summed E-state index contributed by atoms with van der Waals surface area (Å²) in [5.41, 5.74) is 0. The lowest BCUT2D eigenvalue weighted by atomic mass is 9.95. The van der Waals surface area contributed by atoms with Crippen LogP contribution >= 0.6 is 0 Å². The fourth-order valence-corrected chi connectivity index (χ4v) is 2.13. The van der Waals surface area contributed by atoms with Crippen LogP contribution in [0.4, 0.5) is 0 Å². The lowest BCUT2D eigenvalue weighted by Gasteiger charge is -2.27. The maximum atomic E-state index is 11.6. The zero-order chi connectivity index (χ0) is 12.7. The van der Waals surface area contributed by atoms with E-state index in [0.717, 1.165) is 25.7 Å². The first-order valence-corrected chi connectivity index (χ1v) is 6.57. The summed E-state index contributed by atoms with van der Waals surface area (Å²) in [6.45, 7) is 4.82. The van der Waals surface area contributed by atoms with Gasteiger partial charge in [0.1, 0.15) is 6.10 Å². The molecule has 0 aromatic heterocycles. The van der Waals surface area contributed by atoms with E-state index in [0.29, 0.717) is 19.0 Å². The predicted octanol–water partition coefficient (Wildman–Crippen LogP) is 1.88. The summed E-state index contributed by atoms with van der Waals surface area (Å²) in [6.07, 6.45) is 4.76. The number of esters is 1. The Hall–Kier alpha value is -0.610. The first-order chi connectivity index (χ1) is 8.11. The molecule has 2 unspecified atom stereocenters. The molecule has 1 aliphatic carbocycles. The summed E-state index contributed by atoms with van der Waals surface area (Å²) in [4.78, 5) is 11.6. The van der Waals surface area contributed by atoms with Crippen molar-refractivity contribution in [2.24, 2.45) is 0 Å². The maximum Gasteiger partial charge on any atom is 0.307 e. The van der Waals surface area contributed by atoms with Gasteiger partial charge in [-0.15, -0.1) is 0 Å². The normalized spacial score (nSPS) is 24.9. The third kappa shape index (κ3) is 6.03. The number of carbonyl (C=O) groups is 1. The van der Waals surface area contributed by atoms with E-state index < -0.39 is 0 Å². The van der Waals surface area contributed by atoms with Crippen molar-refractivity contribution in [2.45, 2.75) is 64.2 Å². The van der Waals surface area contributed by atoms with Crippen LogP contribution < -0.4 is 5.32 Å². The summed E-state index contributed by atoms with van der Waals surface area (Å²) in [6, 6.07) is 0.412. The SMILES string of the molecule is COC1CCCC(OC(=O)CCNC(C)C)C1. The topological polar surface area (TPSA) is 47.6 Å². The molecule has 0 aliphatic heterocycles. The van der Waals surface area contributed by atoms with Crippen molar-refractivity contribution >= 4 is 5.97 Å². The van der Waals surface area contributed by atoms with Gasteiger partial charge in [0, 0.05) is 26.1 Å². The minimum Gasteiger partial charge on any atom is -0.462 e. The zero-order valence-corrected chi connectivity index (χ0v) is 11.2. The number of ether oxygens (including phenoxy) is 2. The van der Waals surface area contributed by atoms with E-state index in [1.54, 1.807) is 7.11 Å². The van der Waals surface area contributed by atoms with Crippen molar-refractivity contribution in [3.63, 3.8) is 0 Å². The predicted molar refractivity (Wildman–Crippen MR) is 66.9 cm³/mol. The molecular formula is C13H25NO3. The third-order valence-electron chi connectivity index (χ3n) is 3.09. The molecule has 0 heterocycles. The molecule has 4 nitrogen and oxygen atoms in total. The minimum absolute atomic E-state index is 0.0558. The van der Waals surface area contributed by atoms with Gasteiger partial charge >= 0.3 is 5.97 Å². The van der Waals surface area contributed by atoms with Crippen LogP contribution in [0.2, 0.25) is 0 Å². The molecule has 0 amide bonds. The summed E-state index contributed by atoms with van der Waals surface area (Å²) in [5.74, 6) is -0.0973. The van der Waals surface area contributed by atoms with Crippen LogP contribution in [0.1, 0.15) is 46.0 Å². The van der Waals surface area contributed by atoms with E-state index in [9.17, 15) is 4.79 Å². The maximum absolute atomic E-state index is 11.6. The first-order valence-electron chi connectivity index (χ1n) is 6.57. The van der Waals surface area contributed by atoms with Gasteiger partial charge in [0.05, 0.1) is 12.5 Å². The fourth-order valence-electron chi connectivity index (χ4n) is 2.13. The zero-order valence-electron chi connectivity index (χ0n) is 11.2. The number of hydrogen-bond acceptors (Lipinski definition) is 4. The van der Waals surface area contributed by atoms with Crippen LogP contribution in [0.25, 0.3) is 0 Å². The van der Waals surface area contributed by atoms with Gasteiger partial charge in [0.2, 0.25) is 0 Å². The Morgan fingerprint density at radius 2 is 2.06 bits per heavy atom. The van der Waals surface area contributed by atoms with Gasteiger partial charge in [-0.05, 0) is 19.3 Å². The van der Waals surface area contributed by atoms with E-state index in [1.807, 2.05) is 0 Å². The Balaban J connectivity index is 2.17. The van der Waals surface area contributed by atoms with E-state index in [2.05, 4.69) is 19.2 Å². The number of methoxy groups -OCH3 is 1. The Kier molecular flexibility index (Phi) is 6.52. The molecule has 1 rings (SSSR count). The molecule has 0 bridgehead atoms. The van der Waals surface area contributed by atoms with Crippen LogP contribution in [0.15, 0.2) is 0 Å². The highest BCUT2D eigenvalue weighted by Gasteiger charge is 2.24. The highest BCUT2D eigenvalue weighted by molar-refractivity contribution is 5.69. The highest BCUT2D eigenvalue weighted by Crippen LogP contribution is 2.23. The summed E-state index contributed by atoms with van der Waals surface area (Å²) >= 11 is 0. The summed E-state index contributed by atoms with van der Waals surface area (Å²) in [7, 11) is 1.72. The Morgan fingerprint density at radius 1 is 1.35 bits per heavy atom. The van der Waals surface area contributed by atoms with Gasteiger partial charge in [-0.2, -0.15) is 0 Å². The Labute approximate surface area is 104 Å². The average molecular weight is 243 g/mol. The van der Waals surface area contributed by atoms with Gasteiger partial charge in [0.25, 0.3) is 0 Å². The smallest absolute Gasteiger partial charge is 0.307 e. The van der Waals surface area contributed by atoms with Crippen molar-refractivity contribution in [1.29, 1.82) is 0 Å². The quantitative estimate of drug-likeness (QED) is 0.724. The van der Waals surface area contributed by atoms with Crippen LogP contribution in [0.3, 0.4) is 0 Å². The number of hydrogen-bond donors (Lipinski definition) is 1. The standard InChI is InChI=1S/C13H25NO3/c1-10(2)14-8-7-13(15)17-12-6-4-5-11(9-12)16-3/h10-12,14H,4-9H2,1-3H3. The van der Waals surface area contributed by atoms with Gasteiger partial charge in [-0.1, -0.05) is 13.8 Å². The van der Waals surface area contributed by atoms with E-state index in [-0.39, 0.29) is 18.2 Å². The molecule has 2 atom stereocenters. The van der Waals surface area contributed by atoms with E-state index in [4.69, 9.17) is 9.47 Å². The lowest BCUT2D eigenvalue weighted by Crippen LogP contribution is -2.31. The molecule has 0 spiro atoms. The van der Waals surface area contributed by atoms with Crippen molar-refractivity contribution < 1.29 is 14.3 Å². The second kappa shape index (κ2) is 7.67. The fraction of sp³-hybridized carbons (Fsp3) is 0.923. The molecule has 1 aliphatic rings. The van der Waals surface area contributed by atoms with Gasteiger partial charge in [-0.25, -0.2) is 0 Å². The third-order valence-corrected chi connectivity index (χ3v) is 3.09. The van der Waals surface area contributed by atoms with Crippen LogP contribution in [-0.2, 0) is 14.3 Å². The highest BCUT2D eigenvalue weighted by atomic mass is 16.5. The number of carbonyl (C=O) groups excluding carboxylic acids is 1. The van der Waals surface area contributed by atoms with Gasteiger partial charge < -0.3 is 14.8 Å². The Morgan fingerprint density at radius 3 is 2.71 bits per heavy atom. The van der Waals surface area contributed by atoms with Crippen molar-refractivity contribution in [3.8, 4) is 0 Å². The molecule has 0 saturated heterocycles. The van der Waals surface area contributed by atoms with Crippen LogP contribution in [0, 0.1) is 0 Å². The van der Waals surface area contributed by atoms with Crippen LogP contribution in [-0.4, -0.2) is 37.9 Å². The molecule has 17 heavy (non-hydrogen) atoms. The van der Waals surface area contributed by atoms with Gasteiger partial charge in [-0.3, -0.25) is 4.79 Å². The van der Waals surface area contributed by atoms with Crippen molar-refractivity contribution in [2.75, 3.05) is 13.7 Å². The van der Waals surface area contributed by atoms with Crippen molar-refractivity contribution in [1.82, 2.24) is 5.32 Å². The molecule has 100 valence electrons. The summed E-state index contributed by atoms with van der Waals surface area (Å²) in [5, 5.41) is 3.21. The van der Waals surface area contributed by atoms with E-state index >= 15 is 0 Å². The monoisotopic (exact) mass is 243 g/mol. The average Bonchev–Trinajstić information content (AvgIpc) is 2.28. The second-order valence-electron chi connectivity index (χ2n) is 5.00. The van der Waals surface area contributed by atoms with Crippen molar-refractivity contribution in [3.05, 3.63) is 0 Å². The van der Waals surface area contributed by atoms with Crippen LogP contribution in [0.5, 0.6) is 0 Å². The number of rotatable bonds is 6. The molecule has 4 heteroatoms. The second-order valence-corrected chi connectivity index (χ2v) is 5.00.